The predicted octanol–water partition coefficient (Wildman–Crippen LogP) is 2.36. The average Bonchev–Trinajstić information content (AvgIpc) is 2.36. The van der Waals surface area contributed by atoms with Crippen molar-refractivity contribution >= 4 is 23.8 Å². The summed E-state index contributed by atoms with van der Waals surface area (Å²) < 4.78 is 0. The van der Waals surface area contributed by atoms with Crippen LogP contribution in [0.4, 0.5) is 4.79 Å². The molecule has 2 unspecified atom stereocenters. The standard InChI is InChI=1S/C14H24N2O3S/c1-20-11-6-3-2-5-10(11)15-13(19)16-14(7-4-8-14)9-12(17)18/h10-11H,2-9H2,1H3,(H,17,18)(H2,15,16,19). The lowest BCUT2D eigenvalue weighted by Crippen LogP contribution is -2.59. The first-order chi connectivity index (χ1) is 9.54. The Morgan fingerprint density at radius 2 is 1.95 bits per heavy atom. The number of urea groups is 1. The maximum absolute atomic E-state index is 12.1. The molecule has 6 heteroatoms. The summed E-state index contributed by atoms with van der Waals surface area (Å²) >= 11 is 1.81. The Hall–Kier alpha value is -0.910. The number of thioether (sulfide) groups is 1. The van der Waals surface area contributed by atoms with Gasteiger partial charge < -0.3 is 15.7 Å². The quantitative estimate of drug-likeness (QED) is 0.728. The van der Waals surface area contributed by atoms with Crippen LogP contribution in [0.15, 0.2) is 0 Å². The third kappa shape index (κ3) is 3.81. The molecule has 5 nitrogen and oxygen atoms in total. The van der Waals surface area contributed by atoms with E-state index in [0.717, 1.165) is 38.5 Å². The van der Waals surface area contributed by atoms with Crippen molar-refractivity contribution in [3.8, 4) is 0 Å². The molecule has 114 valence electrons. The van der Waals surface area contributed by atoms with E-state index in [1.165, 1.54) is 6.42 Å². The van der Waals surface area contributed by atoms with E-state index in [-0.39, 0.29) is 18.5 Å². The lowest BCUT2D eigenvalue weighted by molar-refractivity contribution is -0.139. The molecule has 2 saturated carbocycles. The van der Waals surface area contributed by atoms with Crippen LogP contribution in [0.3, 0.4) is 0 Å². The van der Waals surface area contributed by atoms with Crippen LogP contribution in [-0.2, 0) is 4.79 Å². The van der Waals surface area contributed by atoms with Gasteiger partial charge in [-0.1, -0.05) is 12.8 Å². The van der Waals surface area contributed by atoms with Crippen LogP contribution in [0.2, 0.25) is 0 Å². The van der Waals surface area contributed by atoms with E-state index in [0.29, 0.717) is 5.25 Å². The number of rotatable bonds is 5. The van der Waals surface area contributed by atoms with Gasteiger partial charge >= 0.3 is 12.0 Å². The molecule has 2 fully saturated rings. The molecule has 3 N–H and O–H groups in total. The van der Waals surface area contributed by atoms with Crippen LogP contribution in [-0.4, -0.2) is 40.2 Å². The third-order valence-corrected chi connectivity index (χ3v) is 5.67. The van der Waals surface area contributed by atoms with E-state index in [9.17, 15) is 9.59 Å². The van der Waals surface area contributed by atoms with Crippen LogP contribution >= 0.6 is 11.8 Å². The van der Waals surface area contributed by atoms with E-state index < -0.39 is 11.5 Å². The van der Waals surface area contributed by atoms with E-state index in [1.54, 1.807) is 0 Å². The first-order valence-corrected chi connectivity index (χ1v) is 8.67. The molecule has 0 radical (unpaired) electrons. The van der Waals surface area contributed by atoms with Gasteiger partial charge in [0.25, 0.3) is 0 Å². The Balaban J connectivity index is 1.86. The Bertz CT molecular complexity index is 371. The summed E-state index contributed by atoms with van der Waals surface area (Å²) in [6.45, 7) is 0. The number of amides is 2. The summed E-state index contributed by atoms with van der Waals surface area (Å²) in [4.78, 5) is 23.0. The van der Waals surface area contributed by atoms with Gasteiger partial charge in [0.2, 0.25) is 0 Å². The van der Waals surface area contributed by atoms with Crippen molar-refractivity contribution in [3.05, 3.63) is 0 Å². The minimum Gasteiger partial charge on any atom is -0.481 e. The maximum atomic E-state index is 12.1. The van der Waals surface area contributed by atoms with Crippen molar-refractivity contribution in [2.24, 2.45) is 0 Å². The second-order valence-corrected chi connectivity index (χ2v) is 7.04. The minimum atomic E-state index is -0.843. The number of carbonyl (C=O) groups excluding carboxylic acids is 1. The van der Waals surface area contributed by atoms with Gasteiger partial charge in [-0.05, 0) is 38.4 Å². The van der Waals surface area contributed by atoms with E-state index in [1.807, 2.05) is 11.8 Å². The first-order valence-electron chi connectivity index (χ1n) is 7.38. The number of nitrogens with one attached hydrogen (secondary N) is 2. The maximum Gasteiger partial charge on any atom is 0.315 e. The van der Waals surface area contributed by atoms with Crippen molar-refractivity contribution in [2.45, 2.75) is 68.2 Å². The number of hydrogen-bond donors (Lipinski definition) is 3. The van der Waals surface area contributed by atoms with Gasteiger partial charge in [0.1, 0.15) is 0 Å². The highest BCUT2D eigenvalue weighted by Crippen LogP contribution is 2.35. The molecule has 2 aliphatic carbocycles. The highest BCUT2D eigenvalue weighted by molar-refractivity contribution is 7.99. The van der Waals surface area contributed by atoms with Gasteiger partial charge in [-0.3, -0.25) is 4.79 Å². The molecule has 0 aromatic rings. The van der Waals surface area contributed by atoms with Gasteiger partial charge in [-0.2, -0.15) is 11.8 Å². The van der Waals surface area contributed by atoms with E-state index >= 15 is 0 Å². The van der Waals surface area contributed by atoms with Crippen LogP contribution in [0.1, 0.15) is 51.4 Å². The number of aliphatic carboxylic acids is 1. The molecule has 0 heterocycles. The van der Waals surface area contributed by atoms with E-state index in [4.69, 9.17) is 5.11 Å². The lowest BCUT2D eigenvalue weighted by atomic mass is 9.74. The average molecular weight is 300 g/mol. The summed E-state index contributed by atoms with van der Waals surface area (Å²) in [5.41, 5.74) is -0.514. The number of carboxylic acid groups (broad SMARTS) is 1. The van der Waals surface area contributed by atoms with Gasteiger partial charge in [-0.25, -0.2) is 4.79 Å². The molecule has 20 heavy (non-hydrogen) atoms. The van der Waals surface area contributed by atoms with Crippen molar-refractivity contribution < 1.29 is 14.7 Å². The Morgan fingerprint density at radius 1 is 1.25 bits per heavy atom. The Labute approximate surface area is 124 Å². The fraction of sp³-hybridized carbons (Fsp3) is 0.857. The summed E-state index contributed by atoms with van der Waals surface area (Å²) in [6.07, 6.45) is 9.18. The van der Waals surface area contributed by atoms with Crippen LogP contribution < -0.4 is 10.6 Å². The molecule has 2 amide bonds. The molecule has 2 rings (SSSR count). The van der Waals surface area contributed by atoms with Crippen LogP contribution in [0.5, 0.6) is 0 Å². The molecule has 0 spiro atoms. The molecule has 0 aromatic carbocycles. The second-order valence-electron chi connectivity index (χ2n) is 5.97. The van der Waals surface area contributed by atoms with Crippen molar-refractivity contribution in [1.82, 2.24) is 10.6 Å². The largest absolute Gasteiger partial charge is 0.481 e. The summed E-state index contributed by atoms with van der Waals surface area (Å²) in [5.74, 6) is -0.843. The number of carbonyl (C=O) groups is 2. The number of hydrogen-bond acceptors (Lipinski definition) is 3. The third-order valence-electron chi connectivity index (χ3n) is 4.50. The highest BCUT2D eigenvalue weighted by atomic mass is 32.2. The molecular weight excluding hydrogens is 276 g/mol. The monoisotopic (exact) mass is 300 g/mol. The molecule has 2 atom stereocenters. The fourth-order valence-corrected chi connectivity index (χ4v) is 4.16. The minimum absolute atomic E-state index is 0.0248. The van der Waals surface area contributed by atoms with Gasteiger partial charge in [0.15, 0.2) is 0 Å². The van der Waals surface area contributed by atoms with Crippen molar-refractivity contribution in [2.75, 3.05) is 6.26 Å². The predicted molar refractivity (Wildman–Crippen MR) is 80.1 cm³/mol. The van der Waals surface area contributed by atoms with Crippen molar-refractivity contribution in [1.29, 1.82) is 0 Å². The summed E-state index contributed by atoms with van der Waals surface area (Å²) in [7, 11) is 0. The molecule has 0 bridgehead atoms. The molecular formula is C14H24N2O3S. The zero-order valence-electron chi connectivity index (χ0n) is 12.0. The van der Waals surface area contributed by atoms with Crippen LogP contribution in [0, 0.1) is 0 Å². The topological polar surface area (TPSA) is 78.4 Å². The normalized spacial score (nSPS) is 28.2. The smallest absolute Gasteiger partial charge is 0.315 e. The Morgan fingerprint density at radius 3 is 2.50 bits per heavy atom. The fourth-order valence-electron chi connectivity index (χ4n) is 3.23. The zero-order valence-corrected chi connectivity index (χ0v) is 12.8. The lowest BCUT2D eigenvalue weighted by Gasteiger charge is -2.42. The van der Waals surface area contributed by atoms with Crippen molar-refractivity contribution in [3.63, 3.8) is 0 Å². The van der Waals surface area contributed by atoms with Gasteiger partial charge in [-0.15, -0.1) is 0 Å². The molecule has 0 aliphatic heterocycles. The van der Waals surface area contributed by atoms with E-state index in [2.05, 4.69) is 16.9 Å². The molecule has 2 aliphatic rings. The zero-order chi connectivity index (χ0) is 14.6. The second kappa shape index (κ2) is 6.70. The van der Waals surface area contributed by atoms with Gasteiger partial charge in [0, 0.05) is 11.3 Å². The molecule has 0 aromatic heterocycles. The van der Waals surface area contributed by atoms with Crippen LogP contribution in [0.25, 0.3) is 0 Å². The highest BCUT2D eigenvalue weighted by Gasteiger charge is 2.40. The first kappa shape index (κ1) is 15.5. The molecule has 0 saturated heterocycles. The summed E-state index contributed by atoms with van der Waals surface area (Å²) in [6, 6.07) is 0.0117. The summed E-state index contributed by atoms with van der Waals surface area (Å²) in [5, 5.41) is 15.4. The van der Waals surface area contributed by atoms with Gasteiger partial charge in [0.05, 0.1) is 12.0 Å². The SMILES string of the molecule is CSC1CCCCC1NC(=O)NC1(CC(=O)O)CCC1. The Kier molecular flexibility index (Phi) is 5.18. The number of carboxylic acids is 1.